The van der Waals surface area contributed by atoms with Crippen LogP contribution in [-0.4, -0.2) is 48.5 Å². The van der Waals surface area contributed by atoms with Crippen molar-refractivity contribution in [1.29, 1.82) is 0 Å². The molecule has 6 nitrogen and oxygen atoms in total. The van der Waals surface area contributed by atoms with Crippen LogP contribution in [0, 0.1) is 5.82 Å². The van der Waals surface area contributed by atoms with Gasteiger partial charge in [0, 0.05) is 43.3 Å². The van der Waals surface area contributed by atoms with Gasteiger partial charge in [-0.25, -0.2) is 9.37 Å². The first-order valence-electron chi connectivity index (χ1n) is 9.13. The van der Waals surface area contributed by atoms with Gasteiger partial charge < -0.3 is 24.9 Å². The maximum absolute atomic E-state index is 13.5. The Morgan fingerprint density at radius 3 is 3.04 bits per heavy atom. The van der Waals surface area contributed by atoms with Gasteiger partial charge in [-0.2, -0.15) is 0 Å². The van der Waals surface area contributed by atoms with Gasteiger partial charge in [0.1, 0.15) is 24.0 Å². The van der Waals surface area contributed by atoms with E-state index in [0.717, 1.165) is 47.6 Å². The van der Waals surface area contributed by atoms with Crippen molar-refractivity contribution in [1.82, 2.24) is 9.97 Å². The molecule has 1 aliphatic heterocycles. The molecule has 2 N–H and O–H groups in total. The van der Waals surface area contributed by atoms with Gasteiger partial charge in [-0.3, -0.25) is 0 Å². The van der Waals surface area contributed by atoms with Gasteiger partial charge in [-0.1, -0.05) is 0 Å². The van der Waals surface area contributed by atoms with Crippen molar-refractivity contribution in [2.45, 2.75) is 13.0 Å². The number of carbonyl (C=O) groups excluding carboxylic acids is 1. The molecular weight excluding hydrogens is 345 g/mol. The van der Waals surface area contributed by atoms with Crippen molar-refractivity contribution in [3.05, 3.63) is 48.4 Å². The van der Waals surface area contributed by atoms with E-state index in [1.807, 2.05) is 30.0 Å². The molecule has 0 aliphatic carbocycles. The van der Waals surface area contributed by atoms with Crippen molar-refractivity contribution >= 4 is 34.5 Å². The number of rotatable bonds is 5. The molecule has 27 heavy (non-hydrogen) atoms. The Hall–Kier alpha value is -3.09. The number of benzene rings is 1. The molecule has 1 saturated heterocycles. The van der Waals surface area contributed by atoms with Crippen LogP contribution in [0.1, 0.15) is 6.92 Å². The number of pyridine rings is 1. The topological polar surface area (TPSA) is 64.3 Å². The minimum atomic E-state index is -0.312. The highest BCUT2D eigenvalue weighted by Gasteiger charge is 2.29. The Morgan fingerprint density at radius 1 is 1.33 bits per heavy atom. The fourth-order valence-electron chi connectivity index (χ4n) is 3.64. The van der Waals surface area contributed by atoms with Crippen LogP contribution in [0.3, 0.4) is 0 Å². The molecule has 4 rings (SSSR count). The second kappa shape index (κ2) is 7.26. The molecule has 0 spiro atoms. The van der Waals surface area contributed by atoms with Crippen LogP contribution in [-0.2, 0) is 4.79 Å². The monoisotopic (exact) mass is 367 g/mol. The van der Waals surface area contributed by atoms with E-state index in [0.29, 0.717) is 13.1 Å². The van der Waals surface area contributed by atoms with E-state index in [2.05, 4.69) is 20.2 Å². The maximum Gasteiger partial charge on any atom is 0.152 e. The molecular formula is C20H22FN5O. The van der Waals surface area contributed by atoms with Crippen molar-refractivity contribution < 1.29 is 9.18 Å². The van der Waals surface area contributed by atoms with Crippen LogP contribution in [0.25, 0.3) is 10.9 Å². The fraction of sp³-hybridized carbons (Fsp3) is 0.300. The number of halogens is 1. The number of anilines is 3. The van der Waals surface area contributed by atoms with E-state index in [1.54, 1.807) is 12.3 Å². The second-order valence-electron chi connectivity index (χ2n) is 6.63. The molecule has 1 atom stereocenters. The van der Waals surface area contributed by atoms with Crippen LogP contribution in [0.4, 0.5) is 21.7 Å². The van der Waals surface area contributed by atoms with Gasteiger partial charge in [-0.05, 0) is 43.3 Å². The number of hydrogen-bond acceptors (Lipinski definition) is 5. The Morgan fingerprint density at radius 2 is 2.22 bits per heavy atom. The Bertz CT molecular complexity index is 956. The molecule has 0 radical (unpaired) electrons. The van der Waals surface area contributed by atoms with Crippen LogP contribution >= 0.6 is 0 Å². The fourth-order valence-corrected chi connectivity index (χ4v) is 3.64. The summed E-state index contributed by atoms with van der Waals surface area (Å²) in [5.41, 5.74) is 1.83. The van der Waals surface area contributed by atoms with E-state index in [1.165, 1.54) is 12.1 Å². The normalized spacial score (nSPS) is 17.3. The van der Waals surface area contributed by atoms with Gasteiger partial charge in [-0.15, -0.1) is 0 Å². The van der Waals surface area contributed by atoms with E-state index in [4.69, 9.17) is 0 Å². The summed E-state index contributed by atoms with van der Waals surface area (Å²) in [6.45, 7) is 4.80. The number of nitrogens with one attached hydrogen (secondary N) is 2. The lowest BCUT2D eigenvalue weighted by atomic mass is 10.1. The van der Waals surface area contributed by atoms with E-state index in [-0.39, 0.29) is 11.9 Å². The van der Waals surface area contributed by atoms with Crippen molar-refractivity contribution in [3.63, 3.8) is 0 Å². The van der Waals surface area contributed by atoms with Crippen molar-refractivity contribution in [2.75, 3.05) is 41.3 Å². The zero-order chi connectivity index (χ0) is 18.8. The number of carbonyl (C=O) groups is 1. The number of nitrogens with zero attached hydrogens (tertiary/aromatic N) is 3. The largest absolute Gasteiger partial charge is 0.382 e. The summed E-state index contributed by atoms with van der Waals surface area (Å²) in [5.74, 6) is 1.43. The van der Waals surface area contributed by atoms with Crippen LogP contribution in [0.2, 0.25) is 0 Å². The maximum atomic E-state index is 13.5. The average Bonchev–Trinajstić information content (AvgIpc) is 3.11. The van der Waals surface area contributed by atoms with E-state index in [9.17, 15) is 9.18 Å². The lowest BCUT2D eigenvalue weighted by Gasteiger charge is -2.40. The highest BCUT2D eigenvalue weighted by molar-refractivity contribution is 5.85. The first kappa shape index (κ1) is 17.3. The second-order valence-corrected chi connectivity index (χ2v) is 6.63. The smallest absolute Gasteiger partial charge is 0.152 e. The summed E-state index contributed by atoms with van der Waals surface area (Å²) < 4.78 is 13.5. The van der Waals surface area contributed by atoms with Crippen LogP contribution < -0.4 is 15.1 Å². The summed E-state index contributed by atoms with van der Waals surface area (Å²) >= 11 is 0. The highest BCUT2D eigenvalue weighted by Crippen LogP contribution is 2.29. The molecule has 7 heteroatoms. The quantitative estimate of drug-likeness (QED) is 0.679. The SMILES string of the molecule is CCNc1cccnc1N1CCN(c2cc3cc(F)ccc3[nH]2)C(C=O)C1. The lowest BCUT2D eigenvalue weighted by Crippen LogP contribution is -2.54. The molecule has 0 saturated carbocycles. The van der Waals surface area contributed by atoms with Crippen molar-refractivity contribution in [2.24, 2.45) is 0 Å². The number of fused-ring (bicyclic) bond motifs is 1. The van der Waals surface area contributed by atoms with E-state index >= 15 is 0 Å². The summed E-state index contributed by atoms with van der Waals surface area (Å²) in [4.78, 5) is 23.8. The molecule has 1 aliphatic rings. The molecule has 0 amide bonds. The highest BCUT2D eigenvalue weighted by atomic mass is 19.1. The Balaban J connectivity index is 1.59. The van der Waals surface area contributed by atoms with Gasteiger partial charge >= 0.3 is 0 Å². The zero-order valence-electron chi connectivity index (χ0n) is 15.2. The number of aromatic amines is 1. The Labute approximate surface area is 157 Å². The standard InChI is InChI=1S/C20H22FN5O/c1-2-22-18-4-3-7-23-20(18)25-8-9-26(16(12-25)13-27)19-11-14-10-15(21)5-6-17(14)24-19/h3-7,10-11,13,16,22,24H,2,8-9,12H2,1H3. The van der Waals surface area contributed by atoms with Gasteiger partial charge in [0.15, 0.2) is 5.82 Å². The third kappa shape index (κ3) is 3.32. The van der Waals surface area contributed by atoms with Gasteiger partial charge in [0.05, 0.1) is 5.69 Å². The number of H-pyrrole nitrogens is 1. The minimum Gasteiger partial charge on any atom is -0.382 e. The average molecular weight is 367 g/mol. The Kier molecular flexibility index (Phi) is 4.66. The molecule has 1 aromatic carbocycles. The van der Waals surface area contributed by atoms with Crippen LogP contribution in [0.15, 0.2) is 42.6 Å². The first-order valence-corrected chi connectivity index (χ1v) is 9.13. The summed E-state index contributed by atoms with van der Waals surface area (Å²) in [7, 11) is 0. The molecule has 1 unspecified atom stereocenters. The first-order chi connectivity index (χ1) is 13.2. The van der Waals surface area contributed by atoms with E-state index < -0.39 is 0 Å². The number of aromatic nitrogens is 2. The third-order valence-electron chi connectivity index (χ3n) is 4.91. The molecule has 0 bridgehead atoms. The zero-order valence-corrected chi connectivity index (χ0v) is 15.2. The molecule has 3 aromatic rings. The van der Waals surface area contributed by atoms with Crippen LogP contribution in [0.5, 0.6) is 0 Å². The third-order valence-corrected chi connectivity index (χ3v) is 4.91. The molecule has 3 heterocycles. The van der Waals surface area contributed by atoms with Gasteiger partial charge in [0.2, 0.25) is 0 Å². The number of piperazine rings is 1. The molecule has 1 fully saturated rings. The molecule has 2 aromatic heterocycles. The van der Waals surface area contributed by atoms with Crippen molar-refractivity contribution in [3.8, 4) is 0 Å². The summed E-state index contributed by atoms with van der Waals surface area (Å²) in [5, 5.41) is 4.13. The molecule has 140 valence electrons. The summed E-state index contributed by atoms with van der Waals surface area (Å²) in [6, 6.07) is 10.1. The lowest BCUT2D eigenvalue weighted by molar-refractivity contribution is -0.109. The van der Waals surface area contributed by atoms with Gasteiger partial charge in [0.25, 0.3) is 0 Å². The number of aldehydes is 1. The predicted molar refractivity (Wildman–Crippen MR) is 106 cm³/mol. The predicted octanol–water partition coefficient (Wildman–Crippen LogP) is 3.03. The number of hydrogen-bond donors (Lipinski definition) is 2. The minimum absolute atomic E-state index is 0.268. The summed E-state index contributed by atoms with van der Waals surface area (Å²) in [6.07, 6.45) is 2.73.